The summed E-state index contributed by atoms with van der Waals surface area (Å²) in [7, 11) is -3.59. The van der Waals surface area contributed by atoms with Crippen LogP contribution in [-0.2, 0) is 19.3 Å². The van der Waals surface area contributed by atoms with E-state index in [1.807, 2.05) is 6.07 Å². The molecule has 6 saturated carbocycles. The van der Waals surface area contributed by atoms with E-state index in [1.165, 1.54) is 70.6 Å². The molecular weight excluding hydrogens is 953 g/mol. The highest BCUT2D eigenvalue weighted by atomic mass is 32.2. The summed E-state index contributed by atoms with van der Waals surface area (Å²) in [4.78, 5) is 0.376. The highest BCUT2D eigenvalue weighted by molar-refractivity contribution is 7.92. The molecule has 2 heterocycles. The summed E-state index contributed by atoms with van der Waals surface area (Å²) in [6, 6.07) is 8.89. The molecule has 4 N–H and O–H groups in total. The third-order valence-electron chi connectivity index (χ3n) is 24.9. The lowest BCUT2D eigenvalue weighted by atomic mass is 9.50. The smallest absolute Gasteiger partial charge is 0.181 e. The van der Waals surface area contributed by atoms with Crippen LogP contribution in [0.25, 0.3) is 0 Å². The maximum atomic E-state index is 14.1. The quantitative estimate of drug-likeness (QED) is 0.135. The lowest BCUT2D eigenvalue weighted by Gasteiger charge is -2.55. The Bertz CT molecular complexity index is 2270. The summed E-state index contributed by atoms with van der Waals surface area (Å²) in [6.45, 7) is 16.7. The fourth-order valence-electron chi connectivity index (χ4n) is 20.3. The lowest BCUT2D eigenvalue weighted by Crippen LogP contribution is -2.48. The Kier molecular flexibility index (Phi) is 16.9. The Morgan fingerprint density at radius 2 is 1.05 bits per heavy atom. The van der Waals surface area contributed by atoms with Crippen LogP contribution in [0.1, 0.15) is 215 Å². The van der Waals surface area contributed by atoms with E-state index in [0.29, 0.717) is 66.5 Å². The molecule has 8 nitrogen and oxygen atoms in total. The van der Waals surface area contributed by atoms with Crippen molar-refractivity contribution >= 4 is 9.84 Å². The average molecular weight is 1060 g/mol. The van der Waals surface area contributed by atoms with Gasteiger partial charge in [-0.1, -0.05) is 95.9 Å². The summed E-state index contributed by atoms with van der Waals surface area (Å²) < 4.78 is 39.1. The molecule has 1 aromatic rings. The lowest BCUT2D eigenvalue weighted by molar-refractivity contribution is -0.0709. The van der Waals surface area contributed by atoms with Crippen molar-refractivity contribution in [3.05, 3.63) is 53.6 Å². The first-order valence-electron chi connectivity index (χ1n) is 31.5. The first kappa shape index (κ1) is 56.7. The molecule has 0 spiro atoms. The molecule has 9 heteroatoms. The number of aliphatic hydroxyl groups is 4. The molecule has 17 atom stereocenters. The largest absolute Gasteiger partial charge is 0.390 e. The average Bonchev–Trinajstić information content (AvgIpc) is 3.96. The monoisotopic (exact) mass is 1060 g/mol. The number of rotatable bonds is 14. The Morgan fingerprint density at radius 1 is 0.573 bits per heavy atom. The van der Waals surface area contributed by atoms with E-state index in [-0.39, 0.29) is 17.8 Å². The first-order chi connectivity index (χ1) is 35.7. The second-order valence-corrected chi connectivity index (χ2v) is 30.8. The molecule has 1 unspecified atom stereocenters. The van der Waals surface area contributed by atoms with Crippen LogP contribution < -0.4 is 0 Å². The fraction of sp³-hybridized carbons (Fsp3) is 0.848. The number of benzene rings is 1. The van der Waals surface area contributed by atoms with E-state index >= 15 is 0 Å². The maximum Gasteiger partial charge on any atom is 0.181 e. The number of hydrogen-bond acceptors (Lipinski definition) is 8. The van der Waals surface area contributed by atoms with Crippen molar-refractivity contribution in [3.8, 4) is 0 Å². The molecule has 75 heavy (non-hydrogen) atoms. The van der Waals surface area contributed by atoms with Gasteiger partial charge in [0.2, 0.25) is 0 Å². The van der Waals surface area contributed by atoms with Crippen molar-refractivity contribution in [3.63, 3.8) is 0 Å². The van der Waals surface area contributed by atoms with E-state index in [4.69, 9.17) is 9.47 Å². The van der Waals surface area contributed by atoms with Gasteiger partial charge in [0.15, 0.2) is 9.84 Å². The number of allylic oxidation sites excluding steroid dienone is 2. The second-order valence-electron chi connectivity index (χ2n) is 28.6. The van der Waals surface area contributed by atoms with Crippen LogP contribution in [0.5, 0.6) is 0 Å². The minimum absolute atomic E-state index is 0.237. The topological polar surface area (TPSA) is 134 Å². The molecule has 11 rings (SSSR count). The number of sulfone groups is 1. The van der Waals surface area contributed by atoms with Crippen molar-refractivity contribution in [2.75, 3.05) is 26.4 Å². The summed E-state index contributed by atoms with van der Waals surface area (Å²) in [5.41, 5.74) is 1.53. The fourth-order valence-corrected chi connectivity index (χ4v) is 22.3. The molecule has 10 aliphatic rings. The van der Waals surface area contributed by atoms with Crippen LogP contribution >= 0.6 is 0 Å². The van der Waals surface area contributed by atoms with Gasteiger partial charge >= 0.3 is 0 Å². The van der Waals surface area contributed by atoms with Crippen molar-refractivity contribution in [2.45, 2.75) is 247 Å². The number of hydrogen-bond donors (Lipinski definition) is 4. The second kappa shape index (κ2) is 22.4. The van der Waals surface area contributed by atoms with Gasteiger partial charge in [0.05, 0.1) is 32.5 Å². The maximum absolute atomic E-state index is 14.1. The van der Waals surface area contributed by atoms with Crippen molar-refractivity contribution in [1.82, 2.24) is 0 Å². The Balaban J connectivity index is 0.000000176. The van der Waals surface area contributed by atoms with Gasteiger partial charge < -0.3 is 29.9 Å². The zero-order chi connectivity index (χ0) is 53.0. The van der Waals surface area contributed by atoms with Gasteiger partial charge in [-0.05, 0) is 254 Å². The summed E-state index contributed by atoms with van der Waals surface area (Å²) in [5, 5.41) is 43.7. The third-order valence-corrected chi connectivity index (χ3v) is 27.1. The molecule has 1 aromatic carbocycles. The molecule has 8 fully saturated rings. The van der Waals surface area contributed by atoms with Crippen LogP contribution in [0.3, 0.4) is 0 Å². The predicted molar refractivity (Wildman–Crippen MR) is 300 cm³/mol. The number of fused-ring (bicyclic) bond motifs is 10. The van der Waals surface area contributed by atoms with E-state index in [9.17, 15) is 28.8 Å². The zero-order valence-corrected chi connectivity index (χ0v) is 48.6. The van der Waals surface area contributed by atoms with Crippen molar-refractivity contribution in [2.24, 2.45) is 81.8 Å². The van der Waals surface area contributed by atoms with E-state index in [0.717, 1.165) is 132 Å². The van der Waals surface area contributed by atoms with Gasteiger partial charge in [-0.15, -0.1) is 0 Å². The molecule has 2 aliphatic heterocycles. The van der Waals surface area contributed by atoms with Crippen LogP contribution in [0.15, 0.2) is 58.5 Å². The van der Waals surface area contributed by atoms with Crippen LogP contribution in [0, 0.1) is 81.8 Å². The molecule has 2 saturated heterocycles. The van der Waals surface area contributed by atoms with Gasteiger partial charge in [-0.2, -0.15) is 0 Å². The van der Waals surface area contributed by atoms with Gasteiger partial charge in [0.25, 0.3) is 0 Å². The van der Waals surface area contributed by atoms with Gasteiger partial charge in [0.1, 0.15) is 0 Å². The van der Waals surface area contributed by atoms with E-state index in [2.05, 4.69) is 53.7 Å². The highest BCUT2D eigenvalue weighted by Crippen LogP contribution is 2.67. The Hall–Kier alpha value is -1.59. The van der Waals surface area contributed by atoms with E-state index < -0.39 is 37.5 Å². The molecule has 0 amide bonds. The minimum Gasteiger partial charge on any atom is -0.390 e. The first-order valence-corrected chi connectivity index (χ1v) is 33.0. The van der Waals surface area contributed by atoms with Crippen LogP contribution in [0.2, 0.25) is 0 Å². The third kappa shape index (κ3) is 11.3. The Morgan fingerprint density at radius 3 is 1.55 bits per heavy atom. The molecule has 0 aromatic heterocycles. The standard InChI is InChI=1S/C36H54O5S.C30H50O3/c1-4-35(37)17-15-29-26(23-35)10-11-31-30(29)14-16-34(3)32(12-13-33(31)34)25(2)22-28(24-36(38)18-20-41-21-19-36)42(39,40)27-8-6-5-7-9-27;1-4-29(31)15-12-23-22(20-29)7-8-25-24(23)11-14-28(3)26(9-10-27(25)28)21(2)6-5-13-30(32)16-18-33-19-17-30/h5-10,25,28-33,37-38H,4,11-24H2,1-3H3;7,21,23-27,31-32H,4-6,8-20H2,1-3H3/t25-,28?,29+,30-,31-,32-,33+,34-,35+;21-,23+,24-,25-,26-,27+,28-,29+/m11/s1. The molecule has 0 radical (unpaired) electrons. The van der Waals surface area contributed by atoms with Gasteiger partial charge in [0, 0.05) is 26.4 Å². The zero-order valence-electron chi connectivity index (χ0n) is 47.8. The van der Waals surface area contributed by atoms with Gasteiger partial charge in [-0.25, -0.2) is 8.42 Å². The molecular formula is C66H104O8S. The summed E-state index contributed by atoms with van der Waals surface area (Å²) >= 11 is 0. The normalized spacial score (nSPS) is 42.1. The molecule has 8 aliphatic carbocycles. The van der Waals surface area contributed by atoms with E-state index in [1.54, 1.807) is 35.4 Å². The SMILES string of the molecule is CC[C@]1(O)CC[C@H]2C(=CC[C@@H]3[C@@H]2CC[C@]2(C)[C@@H]([C@H](C)CC(CC4(O)CCOCC4)S(=O)(=O)c4ccccc4)CC[C@@H]32)C1.CC[C@]1(O)CC[C@H]2C(=CC[C@@H]3[C@@H]2CC[C@]2(C)[C@@H]([C@H](C)CCCC4(O)CCOCC4)CC[C@@H]32)C1. The summed E-state index contributed by atoms with van der Waals surface area (Å²) in [5.74, 6) is 8.61. The van der Waals surface area contributed by atoms with Crippen LogP contribution in [0.4, 0.5) is 0 Å². The molecule has 422 valence electrons. The number of ether oxygens (including phenoxy) is 2. The van der Waals surface area contributed by atoms with Crippen molar-refractivity contribution < 1.29 is 38.3 Å². The predicted octanol–water partition coefficient (Wildman–Crippen LogP) is 13.8. The summed E-state index contributed by atoms with van der Waals surface area (Å²) in [6.07, 6.45) is 32.9. The van der Waals surface area contributed by atoms with Crippen LogP contribution in [-0.4, -0.2) is 82.9 Å². The Labute approximate surface area is 455 Å². The van der Waals surface area contributed by atoms with Gasteiger partial charge in [-0.3, -0.25) is 0 Å². The molecule has 0 bridgehead atoms. The van der Waals surface area contributed by atoms with Crippen molar-refractivity contribution in [1.29, 1.82) is 0 Å². The highest BCUT2D eigenvalue weighted by Gasteiger charge is 2.59. The minimum atomic E-state index is -3.59.